The molecule has 0 unspecified atom stereocenters. The highest BCUT2D eigenvalue weighted by molar-refractivity contribution is 5.25. The summed E-state index contributed by atoms with van der Waals surface area (Å²) in [5, 5.41) is 8.22. The van der Waals surface area contributed by atoms with Gasteiger partial charge in [-0.25, -0.2) is 4.98 Å². The van der Waals surface area contributed by atoms with Crippen LogP contribution in [0, 0.1) is 17.3 Å². The molecule has 1 heterocycles. The van der Waals surface area contributed by atoms with Gasteiger partial charge >= 0.3 is 6.18 Å². The van der Waals surface area contributed by atoms with Crippen molar-refractivity contribution >= 4 is 0 Å². The molecule has 0 amide bonds. The van der Waals surface area contributed by atoms with E-state index in [9.17, 15) is 17.6 Å². The van der Waals surface area contributed by atoms with Crippen LogP contribution in [0.3, 0.4) is 0 Å². The number of pyridine rings is 1. The molecule has 2 nitrogen and oxygen atoms in total. The highest BCUT2D eigenvalue weighted by Gasteiger charge is 2.34. The summed E-state index contributed by atoms with van der Waals surface area (Å²) in [6, 6.07) is 2.69. The average Bonchev–Trinajstić information content (AvgIpc) is 2.02. The van der Waals surface area contributed by atoms with Crippen molar-refractivity contribution in [3.8, 4) is 6.07 Å². The fraction of sp³-hybridized carbons (Fsp3) is 0.250. The zero-order chi connectivity index (χ0) is 10.8. The summed E-state index contributed by atoms with van der Waals surface area (Å²) in [4.78, 5) is 3.02. The number of hydrogen-bond donors (Lipinski definition) is 0. The van der Waals surface area contributed by atoms with E-state index in [1.54, 1.807) is 0 Å². The molecule has 1 rings (SSSR count). The topological polar surface area (TPSA) is 36.7 Å². The molecule has 14 heavy (non-hydrogen) atoms. The Hall–Kier alpha value is -1.64. The molecule has 6 heteroatoms. The van der Waals surface area contributed by atoms with E-state index in [4.69, 9.17) is 5.26 Å². The van der Waals surface area contributed by atoms with Gasteiger partial charge in [0.2, 0.25) is 5.95 Å². The first-order chi connectivity index (χ1) is 6.45. The van der Waals surface area contributed by atoms with Crippen LogP contribution in [0.5, 0.6) is 0 Å². The molecule has 0 bridgehead atoms. The first-order valence-corrected chi connectivity index (χ1v) is 3.54. The van der Waals surface area contributed by atoms with Crippen LogP contribution < -0.4 is 0 Å². The second-order valence-electron chi connectivity index (χ2n) is 2.46. The second-order valence-corrected chi connectivity index (χ2v) is 2.46. The summed E-state index contributed by atoms with van der Waals surface area (Å²) < 4.78 is 49.2. The third-order valence-corrected chi connectivity index (χ3v) is 1.49. The SMILES string of the molecule is N#CCc1nc(F)ccc1C(F)(F)F. The van der Waals surface area contributed by atoms with Crippen molar-refractivity contribution in [1.82, 2.24) is 4.98 Å². The first kappa shape index (κ1) is 10.4. The van der Waals surface area contributed by atoms with Gasteiger partial charge in [-0.1, -0.05) is 0 Å². The van der Waals surface area contributed by atoms with E-state index >= 15 is 0 Å². The lowest BCUT2D eigenvalue weighted by atomic mass is 10.1. The minimum absolute atomic E-state index is 0.563. The molecule has 0 atom stereocenters. The lowest BCUT2D eigenvalue weighted by Crippen LogP contribution is -2.11. The minimum atomic E-state index is -4.60. The van der Waals surface area contributed by atoms with Crippen molar-refractivity contribution in [1.29, 1.82) is 5.26 Å². The molecule has 1 aromatic heterocycles. The quantitative estimate of drug-likeness (QED) is 0.519. The Kier molecular flexibility index (Phi) is 2.70. The van der Waals surface area contributed by atoms with Gasteiger partial charge in [-0.2, -0.15) is 22.8 Å². The molecule has 0 spiro atoms. The van der Waals surface area contributed by atoms with Gasteiger partial charge in [-0.3, -0.25) is 0 Å². The molecule has 0 saturated heterocycles. The average molecular weight is 204 g/mol. The number of alkyl halides is 3. The van der Waals surface area contributed by atoms with Crippen LogP contribution in [0.1, 0.15) is 11.3 Å². The summed E-state index contributed by atoms with van der Waals surface area (Å²) >= 11 is 0. The standard InChI is InChI=1S/C8H4F4N2/c9-7-2-1-5(8(10,11)12)6(14-7)3-4-13/h1-2H,3H2. The highest BCUT2D eigenvalue weighted by atomic mass is 19.4. The van der Waals surface area contributed by atoms with Crippen LogP contribution in [-0.4, -0.2) is 4.98 Å². The van der Waals surface area contributed by atoms with Crippen LogP contribution in [0.2, 0.25) is 0 Å². The van der Waals surface area contributed by atoms with E-state index in [2.05, 4.69) is 4.98 Å². The smallest absolute Gasteiger partial charge is 0.223 e. The van der Waals surface area contributed by atoms with Gasteiger partial charge in [0.25, 0.3) is 0 Å². The molecule has 0 aliphatic rings. The van der Waals surface area contributed by atoms with Crippen molar-refractivity contribution < 1.29 is 17.6 Å². The molecule has 0 saturated carbocycles. The highest BCUT2D eigenvalue weighted by Crippen LogP contribution is 2.31. The molecule has 0 radical (unpaired) electrons. The van der Waals surface area contributed by atoms with Gasteiger partial charge in [0.05, 0.1) is 23.7 Å². The van der Waals surface area contributed by atoms with Crippen LogP contribution in [0.15, 0.2) is 12.1 Å². The largest absolute Gasteiger partial charge is 0.418 e. The van der Waals surface area contributed by atoms with E-state index in [1.165, 1.54) is 6.07 Å². The minimum Gasteiger partial charge on any atom is -0.223 e. The monoisotopic (exact) mass is 204 g/mol. The van der Waals surface area contributed by atoms with Gasteiger partial charge in [0.15, 0.2) is 0 Å². The third-order valence-electron chi connectivity index (χ3n) is 1.49. The van der Waals surface area contributed by atoms with Crippen molar-refractivity contribution in [3.05, 3.63) is 29.3 Å². The molecule has 0 fully saturated rings. The molecule has 74 valence electrons. The number of nitrogens with zero attached hydrogens (tertiary/aromatic N) is 2. The Labute approximate surface area is 76.8 Å². The van der Waals surface area contributed by atoms with E-state index < -0.39 is 29.8 Å². The van der Waals surface area contributed by atoms with Crippen molar-refractivity contribution in [2.75, 3.05) is 0 Å². The molecule has 1 aromatic rings. The summed E-state index contributed by atoms with van der Waals surface area (Å²) in [7, 11) is 0. The molecular weight excluding hydrogens is 200 g/mol. The molecule has 0 aliphatic heterocycles. The van der Waals surface area contributed by atoms with Crippen LogP contribution in [-0.2, 0) is 12.6 Å². The van der Waals surface area contributed by atoms with Crippen molar-refractivity contribution in [2.45, 2.75) is 12.6 Å². The number of halogens is 4. The number of nitriles is 1. The van der Waals surface area contributed by atoms with Gasteiger partial charge in [0, 0.05) is 0 Å². The normalized spacial score (nSPS) is 11.1. The van der Waals surface area contributed by atoms with E-state index in [0.29, 0.717) is 12.1 Å². The predicted molar refractivity (Wildman–Crippen MR) is 38.5 cm³/mol. The van der Waals surface area contributed by atoms with Gasteiger partial charge in [-0.15, -0.1) is 0 Å². The Morgan fingerprint density at radius 3 is 2.50 bits per heavy atom. The summed E-state index contributed by atoms with van der Waals surface area (Å²) in [5.74, 6) is -1.02. The van der Waals surface area contributed by atoms with Gasteiger partial charge in [-0.05, 0) is 12.1 Å². The summed E-state index contributed by atoms with van der Waals surface area (Å²) in [6.45, 7) is 0. The Balaban J connectivity index is 3.23. The van der Waals surface area contributed by atoms with Crippen molar-refractivity contribution in [3.63, 3.8) is 0 Å². The van der Waals surface area contributed by atoms with E-state index in [-0.39, 0.29) is 0 Å². The molecule has 0 aromatic carbocycles. The zero-order valence-electron chi connectivity index (χ0n) is 6.77. The zero-order valence-corrected chi connectivity index (χ0v) is 6.77. The maximum atomic E-state index is 12.5. The van der Waals surface area contributed by atoms with E-state index in [0.717, 1.165) is 0 Å². The van der Waals surface area contributed by atoms with Crippen molar-refractivity contribution in [2.24, 2.45) is 0 Å². The second kappa shape index (κ2) is 3.62. The third kappa shape index (κ3) is 2.19. The van der Waals surface area contributed by atoms with Gasteiger partial charge in [0.1, 0.15) is 0 Å². The molecule has 0 aliphatic carbocycles. The summed E-state index contributed by atoms with van der Waals surface area (Å²) in [5.41, 5.74) is -1.65. The van der Waals surface area contributed by atoms with E-state index in [1.807, 2.05) is 0 Å². The van der Waals surface area contributed by atoms with Crippen LogP contribution in [0.25, 0.3) is 0 Å². The Bertz CT molecular complexity index is 378. The maximum Gasteiger partial charge on any atom is 0.418 e. The van der Waals surface area contributed by atoms with Crippen LogP contribution in [0.4, 0.5) is 17.6 Å². The fourth-order valence-electron chi connectivity index (χ4n) is 0.942. The Morgan fingerprint density at radius 1 is 1.36 bits per heavy atom. The first-order valence-electron chi connectivity index (χ1n) is 3.54. The lowest BCUT2D eigenvalue weighted by Gasteiger charge is -2.09. The maximum absolute atomic E-state index is 12.5. The molecular formula is C8H4F4N2. The van der Waals surface area contributed by atoms with Crippen LogP contribution >= 0.6 is 0 Å². The number of aromatic nitrogens is 1. The number of rotatable bonds is 1. The Morgan fingerprint density at radius 2 is 2.00 bits per heavy atom. The number of hydrogen-bond acceptors (Lipinski definition) is 2. The fourth-order valence-corrected chi connectivity index (χ4v) is 0.942. The predicted octanol–water partition coefficient (Wildman–Crippen LogP) is 2.31. The summed E-state index contributed by atoms with van der Waals surface area (Å²) in [6.07, 6.45) is -5.17. The van der Waals surface area contributed by atoms with Gasteiger partial charge < -0.3 is 0 Å². The lowest BCUT2D eigenvalue weighted by molar-refractivity contribution is -0.138. The molecule has 0 N–H and O–H groups in total.